The third-order valence-corrected chi connectivity index (χ3v) is 5.85. The number of amides is 1. The van der Waals surface area contributed by atoms with Crippen molar-refractivity contribution in [3.63, 3.8) is 0 Å². The van der Waals surface area contributed by atoms with Gasteiger partial charge in [-0.25, -0.2) is 4.79 Å². The van der Waals surface area contributed by atoms with Gasteiger partial charge in [-0.15, -0.1) is 0 Å². The predicted octanol–water partition coefficient (Wildman–Crippen LogP) is 3.76. The van der Waals surface area contributed by atoms with Gasteiger partial charge in [0.15, 0.2) is 0 Å². The molecule has 0 saturated carbocycles. The van der Waals surface area contributed by atoms with Crippen LogP contribution in [0.3, 0.4) is 0 Å². The molecule has 0 radical (unpaired) electrons. The van der Waals surface area contributed by atoms with E-state index in [4.69, 9.17) is 4.74 Å². The Kier molecular flexibility index (Phi) is 5.52. The average molecular weight is 355 g/mol. The number of nitriles is 1. The van der Waals surface area contributed by atoms with Crippen molar-refractivity contribution in [2.75, 3.05) is 19.7 Å². The van der Waals surface area contributed by atoms with Crippen LogP contribution in [0.2, 0.25) is 0 Å². The first-order valence-electron chi connectivity index (χ1n) is 9.64. The van der Waals surface area contributed by atoms with Crippen molar-refractivity contribution in [3.8, 4) is 6.07 Å². The molecule has 0 aromatic heterocycles. The fourth-order valence-electron chi connectivity index (χ4n) is 4.51. The van der Waals surface area contributed by atoms with Crippen LogP contribution in [0.4, 0.5) is 4.79 Å². The Balaban J connectivity index is 1.79. The number of rotatable bonds is 5. The van der Waals surface area contributed by atoms with Crippen LogP contribution in [-0.2, 0) is 10.3 Å². The molecule has 2 fully saturated rings. The van der Waals surface area contributed by atoms with Crippen molar-refractivity contribution in [2.24, 2.45) is 5.92 Å². The van der Waals surface area contributed by atoms with Crippen molar-refractivity contribution < 1.29 is 9.53 Å². The van der Waals surface area contributed by atoms with Crippen LogP contribution in [0.25, 0.3) is 0 Å². The normalized spacial score (nSPS) is 25.8. The zero-order chi connectivity index (χ0) is 18.7. The summed E-state index contributed by atoms with van der Waals surface area (Å²) in [7, 11) is 0. The molecule has 2 bridgehead atoms. The van der Waals surface area contributed by atoms with Crippen molar-refractivity contribution in [2.45, 2.75) is 57.7 Å². The van der Waals surface area contributed by atoms with Gasteiger partial charge >= 0.3 is 6.09 Å². The summed E-state index contributed by atoms with van der Waals surface area (Å²) in [6.07, 6.45) is 2.48. The van der Waals surface area contributed by atoms with Crippen LogP contribution in [0.5, 0.6) is 0 Å². The van der Waals surface area contributed by atoms with Crippen molar-refractivity contribution in [1.29, 1.82) is 5.26 Å². The number of hydrogen-bond donors (Lipinski definition) is 0. The van der Waals surface area contributed by atoms with E-state index in [-0.39, 0.29) is 29.6 Å². The van der Waals surface area contributed by atoms with E-state index in [0.29, 0.717) is 19.7 Å². The van der Waals surface area contributed by atoms with Crippen molar-refractivity contribution >= 4 is 6.09 Å². The number of carbonyl (C=O) groups excluding carboxylic acids is 1. The van der Waals surface area contributed by atoms with Crippen LogP contribution in [-0.4, -0.2) is 47.7 Å². The zero-order valence-corrected chi connectivity index (χ0v) is 16.0. The van der Waals surface area contributed by atoms with E-state index in [1.165, 1.54) is 5.56 Å². The second-order valence-electron chi connectivity index (χ2n) is 7.90. The molecule has 2 aliphatic heterocycles. The number of ether oxygens (including phenoxy) is 1. The molecule has 1 amide bonds. The number of piperazine rings is 1. The Bertz CT molecular complexity index is 668. The maximum Gasteiger partial charge on any atom is 0.409 e. The molecule has 140 valence electrons. The van der Waals surface area contributed by atoms with Crippen LogP contribution in [0, 0.1) is 17.2 Å². The Hall–Kier alpha value is -2.06. The third kappa shape index (κ3) is 3.43. The second-order valence-corrected chi connectivity index (χ2v) is 7.90. The fraction of sp³-hybridized carbons (Fsp3) is 0.619. The summed E-state index contributed by atoms with van der Waals surface area (Å²) >= 11 is 0. The molecule has 1 aromatic carbocycles. The Morgan fingerprint density at radius 2 is 2.04 bits per heavy atom. The molecule has 5 heteroatoms. The maximum absolute atomic E-state index is 12.4. The summed E-state index contributed by atoms with van der Waals surface area (Å²) in [5.41, 5.74) is 1.06. The van der Waals surface area contributed by atoms with Crippen LogP contribution in [0.15, 0.2) is 30.3 Å². The molecule has 0 aliphatic carbocycles. The molecule has 0 N–H and O–H groups in total. The smallest absolute Gasteiger partial charge is 0.409 e. The summed E-state index contributed by atoms with van der Waals surface area (Å²) < 4.78 is 5.41. The molecule has 3 unspecified atom stereocenters. The van der Waals surface area contributed by atoms with Crippen LogP contribution in [0.1, 0.15) is 45.6 Å². The first kappa shape index (κ1) is 18.7. The minimum Gasteiger partial charge on any atom is -0.449 e. The molecule has 3 atom stereocenters. The van der Waals surface area contributed by atoms with E-state index >= 15 is 0 Å². The van der Waals surface area contributed by atoms with Gasteiger partial charge < -0.3 is 9.64 Å². The Morgan fingerprint density at radius 3 is 2.69 bits per heavy atom. The highest BCUT2D eigenvalue weighted by Crippen LogP contribution is 2.43. The van der Waals surface area contributed by atoms with E-state index in [1.807, 2.05) is 6.07 Å². The number of nitrogens with zero attached hydrogens (tertiary/aromatic N) is 3. The summed E-state index contributed by atoms with van der Waals surface area (Å²) in [6.45, 7) is 8.19. The Morgan fingerprint density at radius 1 is 1.31 bits per heavy atom. The molecule has 26 heavy (non-hydrogen) atoms. The van der Waals surface area contributed by atoms with E-state index in [9.17, 15) is 10.1 Å². The topological polar surface area (TPSA) is 56.6 Å². The summed E-state index contributed by atoms with van der Waals surface area (Å²) in [5.74, 6) is -0.0450. The number of carbonyl (C=O) groups is 1. The SMILES string of the molecule is CCCCOC(=O)N1CC2CC(C#N)C(C1)N2C(C)(C)c1ccccc1. The van der Waals surface area contributed by atoms with E-state index in [2.05, 4.69) is 56.0 Å². The van der Waals surface area contributed by atoms with E-state index in [0.717, 1.165) is 19.3 Å². The molecular weight excluding hydrogens is 326 g/mol. The summed E-state index contributed by atoms with van der Waals surface area (Å²) in [4.78, 5) is 16.7. The molecule has 1 aromatic rings. The van der Waals surface area contributed by atoms with Gasteiger partial charge in [0.1, 0.15) is 0 Å². The van der Waals surface area contributed by atoms with Crippen LogP contribution >= 0.6 is 0 Å². The molecule has 2 saturated heterocycles. The summed E-state index contributed by atoms with van der Waals surface area (Å²) in [5, 5.41) is 9.65. The lowest BCUT2D eigenvalue weighted by atomic mass is 9.89. The predicted molar refractivity (Wildman–Crippen MR) is 100 cm³/mol. The monoisotopic (exact) mass is 355 g/mol. The molecule has 3 rings (SSSR count). The highest BCUT2D eigenvalue weighted by Gasteiger charge is 2.52. The van der Waals surface area contributed by atoms with Crippen molar-refractivity contribution in [3.05, 3.63) is 35.9 Å². The van der Waals surface area contributed by atoms with E-state index < -0.39 is 0 Å². The number of unbranched alkanes of at least 4 members (excludes halogenated alkanes) is 1. The van der Waals surface area contributed by atoms with Gasteiger partial charge in [-0.05, 0) is 32.3 Å². The third-order valence-electron chi connectivity index (χ3n) is 5.85. The maximum atomic E-state index is 12.4. The van der Waals surface area contributed by atoms with Crippen LogP contribution < -0.4 is 0 Å². The molecule has 5 nitrogen and oxygen atoms in total. The number of fused-ring (bicyclic) bond motifs is 2. The lowest BCUT2D eigenvalue weighted by Gasteiger charge is -2.49. The zero-order valence-electron chi connectivity index (χ0n) is 16.0. The highest BCUT2D eigenvalue weighted by molar-refractivity contribution is 5.68. The Labute approximate surface area is 156 Å². The summed E-state index contributed by atoms with van der Waals surface area (Å²) in [6, 6.07) is 13.1. The van der Waals surface area contributed by atoms with Gasteiger partial charge in [0.25, 0.3) is 0 Å². The lowest BCUT2D eigenvalue weighted by Crippen LogP contribution is -2.61. The van der Waals surface area contributed by atoms with Gasteiger partial charge in [-0.2, -0.15) is 5.26 Å². The minimum absolute atomic E-state index is 0.0450. The largest absolute Gasteiger partial charge is 0.449 e. The van der Waals surface area contributed by atoms with Gasteiger partial charge in [-0.1, -0.05) is 43.7 Å². The number of benzene rings is 1. The minimum atomic E-state index is -0.232. The van der Waals surface area contributed by atoms with Gasteiger partial charge in [0, 0.05) is 30.7 Å². The van der Waals surface area contributed by atoms with Gasteiger partial charge in [0.05, 0.1) is 18.6 Å². The number of hydrogen-bond acceptors (Lipinski definition) is 4. The first-order valence-corrected chi connectivity index (χ1v) is 9.64. The van der Waals surface area contributed by atoms with Gasteiger partial charge in [-0.3, -0.25) is 4.90 Å². The first-order chi connectivity index (χ1) is 12.5. The molecule has 0 spiro atoms. The lowest BCUT2D eigenvalue weighted by molar-refractivity contribution is -0.0129. The van der Waals surface area contributed by atoms with Crippen molar-refractivity contribution in [1.82, 2.24) is 9.80 Å². The van der Waals surface area contributed by atoms with E-state index in [1.54, 1.807) is 4.90 Å². The molecule has 2 aliphatic rings. The second kappa shape index (κ2) is 7.67. The standard InChI is InChI=1S/C21H29N3O2/c1-4-5-11-26-20(25)23-14-18-12-16(13-22)19(15-23)24(18)21(2,3)17-9-7-6-8-10-17/h6-10,16,18-19H,4-5,11-12,14-15H2,1-3H3. The highest BCUT2D eigenvalue weighted by atomic mass is 16.6. The fourth-order valence-corrected chi connectivity index (χ4v) is 4.51. The van der Waals surface area contributed by atoms with Gasteiger partial charge in [0.2, 0.25) is 0 Å². The molecular formula is C21H29N3O2. The molecule has 2 heterocycles. The average Bonchev–Trinajstić information content (AvgIpc) is 2.89. The quantitative estimate of drug-likeness (QED) is 0.755. The number of likely N-dealkylation sites (tertiary alicyclic amines) is 1.